The number of likely N-dealkylation sites (tertiary alicyclic amines) is 2. The topological polar surface area (TPSA) is 110 Å². The monoisotopic (exact) mass is 770 g/mol. The molecular weight excluding hydrogens is 709 g/mol. The van der Waals surface area contributed by atoms with Crippen molar-refractivity contribution in [3.05, 3.63) is 82.9 Å². The minimum absolute atomic E-state index is 0. The fourth-order valence-corrected chi connectivity index (χ4v) is 12.0. The van der Waals surface area contributed by atoms with Crippen molar-refractivity contribution in [1.82, 2.24) is 9.80 Å². The molecule has 2 saturated carbocycles. The largest absolute Gasteiger partial charge is 0.497 e. The van der Waals surface area contributed by atoms with Crippen LogP contribution >= 0.6 is 0 Å². The van der Waals surface area contributed by atoms with Crippen molar-refractivity contribution < 1.29 is 38.7 Å². The number of aliphatic hydroxyl groups is 2. The Morgan fingerprint density at radius 3 is 2.05 bits per heavy atom. The van der Waals surface area contributed by atoms with Gasteiger partial charge in [-0.15, -0.1) is 0 Å². The first-order chi connectivity index (χ1) is 26.0. The number of benzene rings is 3. The summed E-state index contributed by atoms with van der Waals surface area (Å²) in [6.45, 7) is 3.05. The number of rotatable bonds is 4. The molecule has 56 heavy (non-hydrogen) atoms. The number of piperidine rings is 2. The Morgan fingerprint density at radius 2 is 1.38 bits per heavy atom. The standard InChI is InChI=1S/C26H31NO5.C18H23NO3.2CH4/c1-27-13-12-24-17-25(30-14-15-31-25)10-11-26(24,28)21(27)16-18-8-9-20(29-2)23(22(18)24)32-19-6-4-3-5-7-19;1-19-8-7-17-11-13(20)5-6-18(17,21)16(19)9-12-3-4-14(22-2)10-15(12)17;;/h3-9,21,28H,10-17H2,1-2H3;3-4,10,16,21H,5-9,11H2,1-2H3;2*1H4/t21?,24-,26-;16?,17-,18-;;/m11../s1. The number of ketones is 1. The van der Waals surface area contributed by atoms with Crippen LogP contribution in [0.4, 0.5) is 0 Å². The molecule has 4 bridgehead atoms. The molecule has 4 aliphatic carbocycles. The van der Waals surface area contributed by atoms with Crippen molar-refractivity contribution in [3.8, 4) is 23.0 Å². The van der Waals surface area contributed by atoms with Gasteiger partial charge < -0.3 is 43.7 Å². The van der Waals surface area contributed by atoms with Crippen LogP contribution in [-0.2, 0) is 37.9 Å². The molecular formula is C46H62N2O8. The number of carbonyl (C=O) groups is 1. The SMILES string of the molecule is C.C.COc1ccc2c(c1)[C@]13CCN(C)C(C2)[C@]1(O)CCC(=O)C3.COc1ccc2c(c1Oc1ccccc1)[C@]13CCN(C)C(C2)[C@]1(O)CCC1(C3)OCCO1. The minimum atomic E-state index is -0.880. The number of likely N-dealkylation sites (N-methyl/N-ethyl adjacent to an activating group) is 2. The van der Waals surface area contributed by atoms with Crippen LogP contribution in [0.2, 0.25) is 0 Å². The lowest BCUT2D eigenvalue weighted by molar-refractivity contribution is -0.257. The van der Waals surface area contributed by atoms with Crippen LogP contribution < -0.4 is 14.2 Å². The van der Waals surface area contributed by atoms with E-state index in [9.17, 15) is 15.0 Å². The zero-order valence-corrected chi connectivity index (χ0v) is 32.1. The third-order valence-electron chi connectivity index (χ3n) is 14.7. The number of carbonyl (C=O) groups excluding carboxylic acids is 1. The molecule has 2 N–H and O–H groups in total. The van der Waals surface area contributed by atoms with Gasteiger partial charge in [-0.2, -0.15) is 0 Å². The molecule has 3 aromatic carbocycles. The summed E-state index contributed by atoms with van der Waals surface area (Å²) in [7, 11) is 7.57. The number of ether oxygens (including phenoxy) is 5. The van der Waals surface area contributed by atoms with Crippen molar-refractivity contribution in [2.45, 2.75) is 119 Å². The van der Waals surface area contributed by atoms with Gasteiger partial charge in [-0.05, 0) is 113 Å². The highest BCUT2D eigenvalue weighted by Crippen LogP contribution is 2.64. The van der Waals surface area contributed by atoms with E-state index >= 15 is 0 Å². The number of hydrogen-bond acceptors (Lipinski definition) is 10. The number of Topliss-reactive ketones (excluding diaryl/α,β-unsaturated/α-hetero) is 1. The molecule has 2 unspecified atom stereocenters. The van der Waals surface area contributed by atoms with Crippen molar-refractivity contribution in [3.63, 3.8) is 0 Å². The van der Waals surface area contributed by atoms with Crippen LogP contribution in [0, 0.1) is 0 Å². The first kappa shape index (κ1) is 40.7. The molecule has 10 rings (SSSR count). The van der Waals surface area contributed by atoms with E-state index in [1.165, 1.54) is 11.1 Å². The molecule has 5 fully saturated rings. The lowest BCUT2D eigenvalue weighted by Gasteiger charge is -2.65. The summed E-state index contributed by atoms with van der Waals surface area (Å²) in [6, 6.07) is 20.3. The molecule has 7 aliphatic rings. The quantitative estimate of drug-likeness (QED) is 0.302. The van der Waals surface area contributed by atoms with Crippen LogP contribution in [0.15, 0.2) is 60.7 Å². The van der Waals surface area contributed by atoms with Crippen LogP contribution in [0.25, 0.3) is 0 Å². The molecule has 304 valence electrons. The molecule has 3 heterocycles. The molecule has 0 radical (unpaired) electrons. The second kappa shape index (κ2) is 14.7. The van der Waals surface area contributed by atoms with E-state index in [2.05, 4.69) is 42.1 Å². The lowest BCUT2D eigenvalue weighted by Crippen LogP contribution is -2.74. The maximum absolute atomic E-state index is 12.4. The smallest absolute Gasteiger partial charge is 0.173 e. The van der Waals surface area contributed by atoms with E-state index in [4.69, 9.17) is 23.7 Å². The van der Waals surface area contributed by atoms with Crippen molar-refractivity contribution >= 4 is 5.78 Å². The summed E-state index contributed by atoms with van der Waals surface area (Å²) >= 11 is 0. The molecule has 1 spiro atoms. The highest BCUT2D eigenvalue weighted by Gasteiger charge is 2.69. The van der Waals surface area contributed by atoms with Crippen LogP contribution in [0.5, 0.6) is 23.0 Å². The zero-order valence-electron chi connectivity index (χ0n) is 32.1. The van der Waals surface area contributed by atoms with Crippen LogP contribution in [-0.4, -0.2) is 109 Å². The molecule has 0 aromatic heterocycles. The van der Waals surface area contributed by atoms with Gasteiger partial charge in [-0.1, -0.05) is 45.2 Å². The molecule has 10 nitrogen and oxygen atoms in total. The van der Waals surface area contributed by atoms with Gasteiger partial charge in [-0.25, -0.2) is 0 Å². The van der Waals surface area contributed by atoms with E-state index in [1.807, 2.05) is 42.5 Å². The average Bonchev–Trinajstić information content (AvgIpc) is 3.63. The fraction of sp³-hybridized carbons (Fsp3) is 0.587. The van der Waals surface area contributed by atoms with E-state index in [-0.39, 0.29) is 32.7 Å². The van der Waals surface area contributed by atoms with E-state index < -0.39 is 27.8 Å². The third kappa shape index (κ3) is 5.84. The Balaban J connectivity index is 0.000000176. The van der Waals surface area contributed by atoms with Crippen LogP contribution in [0.1, 0.15) is 88.5 Å². The van der Waals surface area contributed by atoms with Gasteiger partial charge in [0, 0.05) is 54.2 Å². The summed E-state index contributed by atoms with van der Waals surface area (Å²) in [5, 5.41) is 24.1. The number of methoxy groups -OCH3 is 2. The molecule has 3 aliphatic heterocycles. The van der Waals surface area contributed by atoms with Gasteiger partial charge >= 0.3 is 0 Å². The summed E-state index contributed by atoms with van der Waals surface area (Å²) < 4.78 is 30.1. The van der Waals surface area contributed by atoms with Gasteiger partial charge in [-0.3, -0.25) is 4.79 Å². The Bertz CT molecular complexity index is 1930. The minimum Gasteiger partial charge on any atom is -0.497 e. The van der Waals surface area contributed by atoms with Gasteiger partial charge in [0.25, 0.3) is 0 Å². The normalized spacial score (nSPS) is 33.5. The molecule has 6 atom stereocenters. The Morgan fingerprint density at radius 1 is 0.732 bits per heavy atom. The predicted molar refractivity (Wildman–Crippen MR) is 216 cm³/mol. The number of nitrogens with zero attached hydrogens (tertiary/aromatic N) is 2. The zero-order chi connectivity index (χ0) is 37.5. The summed E-state index contributed by atoms with van der Waals surface area (Å²) in [5.41, 5.74) is 2.06. The maximum Gasteiger partial charge on any atom is 0.173 e. The lowest BCUT2D eigenvalue weighted by atomic mass is 9.48. The Kier molecular flexibility index (Phi) is 10.7. The highest BCUT2D eigenvalue weighted by molar-refractivity contribution is 5.82. The first-order valence-corrected chi connectivity index (χ1v) is 19.8. The maximum atomic E-state index is 12.4. The fourth-order valence-electron chi connectivity index (χ4n) is 12.0. The number of fused-ring (bicyclic) bond motifs is 2. The van der Waals surface area contributed by atoms with Crippen molar-refractivity contribution in [2.24, 2.45) is 0 Å². The first-order valence-electron chi connectivity index (χ1n) is 19.8. The Hall–Kier alpha value is -3.51. The number of hydrogen-bond donors (Lipinski definition) is 2. The van der Waals surface area contributed by atoms with Crippen molar-refractivity contribution in [2.75, 3.05) is 54.6 Å². The highest BCUT2D eigenvalue weighted by atomic mass is 16.7. The third-order valence-corrected chi connectivity index (χ3v) is 14.7. The van der Waals surface area contributed by atoms with Gasteiger partial charge in [0.15, 0.2) is 17.3 Å². The number of para-hydroxylation sites is 1. The summed E-state index contributed by atoms with van der Waals surface area (Å²) in [6.07, 6.45) is 6.82. The second-order valence-corrected chi connectivity index (χ2v) is 17.0. The summed E-state index contributed by atoms with van der Waals surface area (Å²) in [4.78, 5) is 16.9. The van der Waals surface area contributed by atoms with Crippen LogP contribution in [0.3, 0.4) is 0 Å². The van der Waals surface area contributed by atoms with Gasteiger partial charge in [0.05, 0.1) is 38.6 Å². The van der Waals surface area contributed by atoms with E-state index in [0.29, 0.717) is 63.2 Å². The van der Waals surface area contributed by atoms with Gasteiger partial charge in [0.1, 0.15) is 17.3 Å². The summed E-state index contributed by atoms with van der Waals surface area (Å²) in [5.74, 6) is 2.62. The van der Waals surface area contributed by atoms with E-state index in [1.54, 1.807) is 14.2 Å². The predicted octanol–water partition coefficient (Wildman–Crippen LogP) is 6.59. The molecule has 3 saturated heterocycles. The molecule has 0 amide bonds. The average molecular weight is 771 g/mol. The van der Waals surface area contributed by atoms with Crippen molar-refractivity contribution in [1.29, 1.82) is 0 Å². The second-order valence-electron chi connectivity index (χ2n) is 17.0. The molecule has 3 aromatic rings. The van der Waals surface area contributed by atoms with E-state index in [0.717, 1.165) is 61.4 Å². The van der Waals surface area contributed by atoms with Gasteiger partial charge in [0.2, 0.25) is 0 Å². The molecule has 10 heteroatoms. The Labute approximate surface area is 333 Å².